The summed E-state index contributed by atoms with van der Waals surface area (Å²) in [7, 11) is 0. The van der Waals surface area contributed by atoms with Crippen LogP contribution >= 0.6 is 0 Å². The predicted molar refractivity (Wildman–Crippen MR) is 120 cm³/mol. The Hall–Kier alpha value is -3.27. The van der Waals surface area contributed by atoms with Gasteiger partial charge in [0.1, 0.15) is 0 Å². The zero-order valence-electron chi connectivity index (χ0n) is 17.3. The van der Waals surface area contributed by atoms with Crippen molar-refractivity contribution >= 4 is 11.7 Å². The summed E-state index contributed by atoms with van der Waals surface area (Å²) < 4.78 is 2.19. The summed E-state index contributed by atoms with van der Waals surface area (Å²) in [4.78, 5) is 14.7. The number of nitrogens with one attached hydrogen (secondary N) is 1. The van der Waals surface area contributed by atoms with Crippen LogP contribution in [-0.4, -0.2) is 22.0 Å². The predicted octanol–water partition coefficient (Wildman–Crippen LogP) is 5.63. The first-order valence-corrected chi connectivity index (χ1v) is 10.0. The summed E-state index contributed by atoms with van der Waals surface area (Å²) in [5.41, 5.74) is 5.60. The molecule has 0 fully saturated rings. The lowest BCUT2D eigenvalue weighted by Crippen LogP contribution is -2.35. The quantitative estimate of drug-likeness (QED) is 0.500. The Morgan fingerprint density at radius 3 is 2.66 bits per heavy atom. The molecule has 29 heavy (non-hydrogen) atoms. The van der Waals surface area contributed by atoms with Gasteiger partial charge < -0.3 is 14.8 Å². The highest BCUT2D eigenvalue weighted by atomic mass is 16.2. The second-order valence-electron chi connectivity index (χ2n) is 7.27. The summed E-state index contributed by atoms with van der Waals surface area (Å²) in [6.45, 7) is 9.81. The van der Waals surface area contributed by atoms with Gasteiger partial charge >= 0.3 is 6.03 Å². The minimum atomic E-state index is -0.124. The van der Waals surface area contributed by atoms with Crippen LogP contribution < -0.4 is 5.32 Å². The van der Waals surface area contributed by atoms with Crippen molar-refractivity contribution in [3.8, 4) is 0 Å². The normalized spacial score (nSPS) is 10.6. The highest BCUT2D eigenvalue weighted by molar-refractivity contribution is 5.89. The number of hydrogen-bond acceptors (Lipinski definition) is 1. The molecule has 0 aliphatic carbocycles. The molecule has 1 heterocycles. The molecule has 2 aromatic carbocycles. The fourth-order valence-electron chi connectivity index (χ4n) is 3.40. The standard InChI is InChI=1S/C25H29N3O/c1-4-14-28(25(29)26-23-12-7-10-21(5-2)17-23)19-24-13-8-15-27(24)18-22-11-6-9-20(3)16-22/h4,6-13,15-17H,1,5,14,18-19H2,2-3H3,(H,26,29). The fraction of sp³-hybridized carbons (Fsp3) is 0.240. The Kier molecular flexibility index (Phi) is 6.90. The minimum Gasteiger partial charge on any atom is -0.345 e. The van der Waals surface area contributed by atoms with Crippen molar-refractivity contribution in [1.29, 1.82) is 0 Å². The molecule has 4 heteroatoms. The molecular formula is C25H29N3O. The van der Waals surface area contributed by atoms with Crippen LogP contribution in [0, 0.1) is 6.92 Å². The van der Waals surface area contributed by atoms with Gasteiger partial charge in [0, 0.05) is 30.7 Å². The summed E-state index contributed by atoms with van der Waals surface area (Å²) >= 11 is 0. The molecule has 0 bridgehead atoms. The Bertz CT molecular complexity index is 973. The molecule has 1 N–H and O–H groups in total. The van der Waals surface area contributed by atoms with E-state index in [9.17, 15) is 4.79 Å². The van der Waals surface area contributed by atoms with Crippen molar-refractivity contribution in [3.05, 3.63) is 102 Å². The van der Waals surface area contributed by atoms with E-state index in [2.05, 4.69) is 72.9 Å². The third kappa shape index (κ3) is 5.61. The number of carbonyl (C=O) groups excluding carboxylic acids is 1. The van der Waals surface area contributed by atoms with Gasteiger partial charge in [0.05, 0.1) is 6.54 Å². The lowest BCUT2D eigenvalue weighted by Gasteiger charge is -2.23. The third-order valence-electron chi connectivity index (χ3n) is 4.93. The van der Waals surface area contributed by atoms with Gasteiger partial charge in [-0.1, -0.05) is 55.0 Å². The van der Waals surface area contributed by atoms with Crippen molar-refractivity contribution in [2.75, 3.05) is 11.9 Å². The molecule has 3 rings (SSSR count). The van der Waals surface area contributed by atoms with E-state index >= 15 is 0 Å². The molecule has 0 spiro atoms. The minimum absolute atomic E-state index is 0.124. The average molecular weight is 388 g/mol. The summed E-state index contributed by atoms with van der Waals surface area (Å²) in [5, 5.41) is 3.02. The molecule has 0 aliphatic heterocycles. The molecule has 150 valence electrons. The lowest BCUT2D eigenvalue weighted by molar-refractivity contribution is 0.214. The molecule has 3 aromatic rings. The molecule has 0 saturated heterocycles. The van der Waals surface area contributed by atoms with E-state index in [-0.39, 0.29) is 6.03 Å². The van der Waals surface area contributed by atoms with Crippen LogP contribution in [0.15, 0.2) is 79.5 Å². The number of aryl methyl sites for hydroxylation is 2. The van der Waals surface area contributed by atoms with E-state index in [1.165, 1.54) is 16.7 Å². The summed E-state index contributed by atoms with van der Waals surface area (Å²) in [5.74, 6) is 0. The molecular weight excluding hydrogens is 358 g/mol. The van der Waals surface area contributed by atoms with Crippen molar-refractivity contribution in [2.24, 2.45) is 0 Å². The molecule has 0 aliphatic rings. The second kappa shape index (κ2) is 9.78. The molecule has 0 radical (unpaired) electrons. The largest absolute Gasteiger partial charge is 0.345 e. The van der Waals surface area contributed by atoms with E-state index in [1.807, 2.05) is 24.3 Å². The van der Waals surface area contributed by atoms with Crippen LogP contribution in [0.3, 0.4) is 0 Å². The number of rotatable bonds is 8. The zero-order chi connectivity index (χ0) is 20.6. The molecule has 2 amide bonds. The van der Waals surface area contributed by atoms with Gasteiger partial charge in [0.25, 0.3) is 0 Å². The molecule has 0 saturated carbocycles. The van der Waals surface area contributed by atoms with Crippen molar-refractivity contribution in [1.82, 2.24) is 9.47 Å². The monoisotopic (exact) mass is 387 g/mol. The number of amides is 2. The van der Waals surface area contributed by atoms with Crippen LogP contribution in [0.2, 0.25) is 0 Å². The van der Waals surface area contributed by atoms with Crippen molar-refractivity contribution < 1.29 is 4.79 Å². The number of benzene rings is 2. The summed E-state index contributed by atoms with van der Waals surface area (Å²) in [6.07, 6.45) is 4.76. The maximum Gasteiger partial charge on any atom is 0.322 e. The van der Waals surface area contributed by atoms with Gasteiger partial charge in [0.15, 0.2) is 0 Å². The first-order valence-electron chi connectivity index (χ1n) is 10.0. The number of hydrogen-bond donors (Lipinski definition) is 1. The number of carbonyl (C=O) groups is 1. The first-order chi connectivity index (χ1) is 14.1. The van der Waals surface area contributed by atoms with Gasteiger partial charge in [-0.05, 0) is 48.7 Å². The van der Waals surface area contributed by atoms with Gasteiger partial charge in [0.2, 0.25) is 0 Å². The van der Waals surface area contributed by atoms with Crippen LogP contribution in [0.5, 0.6) is 0 Å². The van der Waals surface area contributed by atoms with E-state index in [0.717, 1.165) is 24.3 Å². The SMILES string of the molecule is C=CCN(Cc1cccn1Cc1cccc(C)c1)C(=O)Nc1cccc(CC)c1. The van der Waals surface area contributed by atoms with E-state index in [1.54, 1.807) is 11.0 Å². The highest BCUT2D eigenvalue weighted by Gasteiger charge is 2.15. The molecule has 1 aromatic heterocycles. The lowest BCUT2D eigenvalue weighted by atomic mass is 10.1. The van der Waals surface area contributed by atoms with Crippen LogP contribution in [0.25, 0.3) is 0 Å². The van der Waals surface area contributed by atoms with Crippen LogP contribution in [0.1, 0.15) is 29.3 Å². The maximum atomic E-state index is 12.9. The topological polar surface area (TPSA) is 37.3 Å². The highest BCUT2D eigenvalue weighted by Crippen LogP contribution is 2.15. The zero-order valence-corrected chi connectivity index (χ0v) is 17.3. The number of aromatic nitrogens is 1. The smallest absolute Gasteiger partial charge is 0.322 e. The Labute approximate surface area is 173 Å². The number of anilines is 1. The van der Waals surface area contributed by atoms with Gasteiger partial charge in [-0.2, -0.15) is 0 Å². The third-order valence-corrected chi connectivity index (χ3v) is 4.93. The number of nitrogens with zero attached hydrogens (tertiary/aromatic N) is 2. The van der Waals surface area contributed by atoms with Crippen LogP contribution in [0.4, 0.5) is 10.5 Å². The van der Waals surface area contributed by atoms with E-state index < -0.39 is 0 Å². The van der Waals surface area contributed by atoms with Crippen molar-refractivity contribution in [2.45, 2.75) is 33.4 Å². The van der Waals surface area contributed by atoms with Crippen molar-refractivity contribution in [3.63, 3.8) is 0 Å². The Balaban J connectivity index is 1.72. The van der Waals surface area contributed by atoms with Gasteiger partial charge in [-0.3, -0.25) is 0 Å². The molecule has 0 unspecified atom stereocenters. The fourth-order valence-corrected chi connectivity index (χ4v) is 3.40. The maximum absolute atomic E-state index is 12.9. The Morgan fingerprint density at radius 2 is 1.90 bits per heavy atom. The van der Waals surface area contributed by atoms with Gasteiger partial charge in [-0.25, -0.2) is 4.79 Å². The van der Waals surface area contributed by atoms with E-state index in [0.29, 0.717) is 13.1 Å². The number of urea groups is 1. The molecule has 0 atom stereocenters. The molecule has 4 nitrogen and oxygen atoms in total. The average Bonchev–Trinajstić information content (AvgIpc) is 3.14. The summed E-state index contributed by atoms with van der Waals surface area (Å²) in [6, 6.07) is 20.4. The Morgan fingerprint density at radius 1 is 1.10 bits per heavy atom. The van der Waals surface area contributed by atoms with Gasteiger partial charge in [-0.15, -0.1) is 6.58 Å². The second-order valence-corrected chi connectivity index (χ2v) is 7.27. The first kappa shape index (κ1) is 20.5. The van der Waals surface area contributed by atoms with E-state index in [4.69, 9.17) is 0 Å². The van der Waals surface area contributed by atoms with Crippen LogP contribution in [-0.2, 0) is 19.5 Å².